The molecule has 1 fully saturated rings. The highest BCUT2D eigenvalue weighted by atomic mass is 35.5. The monoisotopic (exact) mass is 363 g/mol. The Morgan fingerprint density at radius 1 is 1.16 bits per heavy atom. The molecule has 2 aromatic carbocycles. The molecule has 0 saturated heterocycles. The average molecular weight is 364 g/mol. The van der Waals surface area contributed by atoms with Gasteiger partial charge in [0.05, 0.1) is 0 Å². The lowest BCUT2D eigenvalue weighted by Crippen LogP contribution is -2.51. The van der Waals surface area contributed by atoms with Crippen LogP contribution < -0.4 is 10.1 Å². The molecule has 0 spiro atoms. The van der Waals surface area contributed by atoms with Gasteiger partial charge in [0.15, 0.2) is 0 Å². The van der Waals surface area contributed by atoms with Crippen LogP contribution in [0.25, 0.3) is 0 Å². The van der Waals surface area contributed by atoms with Gasteiger partial charge >= 0.3 is 0 Å². The normalized spacial score (nSPS) is 23.4. The first-order valence-corrected chi connectivity index (χ1v) is 9.08. The molecule has 2 N–H and O–H groups in total. The minimum atomic E-state index is -0.572. The van der Waals surface area contributed by atoms with Crippen molar-refractivity contribution in [2.24, 2.45) is 0 Å². The van der Waals surface area contributed by atoms with Gasteiger partial charge in [-0.2, -0.15) is 0 Å². The summed E-state index contributed by atoms with van der Waals surface area (Å²) in [5.74, 6) is 0.500. The molecule has 134 valence electrons. The van der Waals surface area contributed by atoms with Gasteiger partial charge in [0, 0.05) is 11.1 Å². The van der Waals surface area contributed by atoms with Gasteiger partial charge < -0.3 is 15.2 Å². The molecule has 3 nitrogen and oxygen atoms in total. The van der Waals surface area contributed by atoms with E-state index in [4.69, 9.17) is 16.3 Å². The lowest BCUT2D eigenvalue weighted by Gasteiger charge is -2.35. The van der Waals surface area contributed by atoms with Crippen LogP contribution in [0.4, 0.5) is 4.39 Å². The Kier molecular flexibility index (Phi) is 6.29. The maximum Gasteiger partial charge on any atom is 0.126 e. The van der Waals surface area contributed by atoms with Crippen molar-refractivity contribution in [3.8, 4) is 5.75 Å². The second-order valence-corrected chi connectivity index (χ2v) is 6.91. The van der Waals surface area contributed by atoms with Gasteiger partial charge in [-0.05, 0) is 74.2 Å². The molecular weight excluding hydrogens is 341 g/mol. The van der Waals surface area contributed by atoms with Crippen molar-refractivity contribution >= 4 is 11.6 Å². The van der Waals surface area contributed by atoms with Gasteiger partial charge in [0.1, 0.15) is 23.8 Å². The Labute approximate surface area is 152 Å². The summed E-state index contributed by atoms with van der Waals surface area (Å²) in [6.07, 6.45) is 2.64. The number of nitrogens with one attached hydrogen (secondary N) is 1. The van der Waals surface area contributed by atoms with Gasteiger partial charge in [0.2, 0.25) is 0 Å². The number of benzene rings is 2. The average Bonchev–Trinajstić information content (AvgIpc) is 2.60. The van der Waals surface area contributed by atoms with Crippen LogP contribution in [0.2, 0.25) is 5.02 Å². The minimum Gasteiger partial charge on any atom is -0.488 e. The van der Waals surface area contributed by atoms with Crippen LogP contribution in [-0.4, -0.2) is 29.9 Å². The molecule has 0 aliphatic heterocycles. The van der Waals surface area contributed by atoms with Crippen LogP contribution in [0.1, 0.15) is 24.8 Å². The third kappa shape index (κ3) is 5.18. The molecule has 3 rings (SSSR count). The van der Waals surface area contributed by atoms with E-state index in [1.807, 2.05) is 18.2 Å². The number of ether oxygens (including phenoxy) is 1. The summed E-state index contributed by atoms with van der Waals surface area (Å²) in [5.41, 5.74) is 0.951. The lowest BCUT2D eigenvalue weighted by atomic mass is 9.89. The van der Waals surface area contributed by atoms with Crippen LogP contribution in [0.3, 0.4) is 0 Å². The Morgan fingerprint density at radius 3 is 2.72 bits per heavy atom. The van der Waals surface area contributed by atoms with Crippen LogP contribution in [0.5, 0.6) is 5.75 Å². The van der Waals surface area contributed by atoms with Crippen LogP contribution in [-0.2, 0) is 6.42 Å². The zero-order valence-corrected chi connectivity index (χ0v) is 14.8. The zero-order valence-electron chi connectivity index (χ0n) is 14.0. The summed E-state index contributed by atoms with van der Waals surface area (Å²) in [4.78, 5) is 0. The zero-order chi connectivity index (χ0) is 17.6. The SMILES string of the molecule is O[C@@H]1[C@@H](NCCc2cccc(F)c2)CCC[C@H]1Oc1ccc(Cl)cc1. The minimum absolute atomic E-state index is 0.0143. The van der Waals surface area contributed by atoms with E-state index in [2.05, 4.69) is 5.32 Å². The second-order valence-electron chi connectivity index (χ2n) is 6.47. The fourth-order valence-electron chi connectivity index (χ4n) is 3.27. The van der Waals surface area contributed by atoms with Crippen LogP contribution in [0.15, 0.2) is 48.5 Å². The van der Waals surface area contributed by atoms with Gasteiger partial charge in [-0.15, -0.1) is 0 Å². The predicted octanol–water partition coefficient (Wildman–Crippen LogP) is 3.97. The summed E-state index contributed by atoms with van der Waals surface area (Å²) in [6, 6.07) is 13.8. The Hall–Kier alpha value is -1.62. The number of halogens is 2. The number of aliphatic hydroxyl groups is 1. The van der Waals surface area contributed by atoms with E-state index in [1.165, 1.54) is 6.07 Å². The van der Waals surface area contributed by atoms with E-state index in [1.54, 1.807) is 24.3 Å². The fourth-order valence-corrected chi connectivity index (χ4v) is 3.40. The highest BCUT2D eigenvalue weighted by Gasteiger charge is 2.32. The highest BCUT2D eigenvalue weighted by molar-refractivity contribution is 6.30. The van der Waals surface area contributed by atoms with Gasteiger partial charge in [-0.3, -0.25) is 0 Å². The van der Waals surface area contributed by atoms with Crippen molar-refractivity contribution in [1.82, 2.24) is 5.32 Å². The molecule has 2 aromatic rings. The number of rotatable bonds is 6. The Bertz CT molecular complexity index is 680. The molecule has 0 amide bonds. The second kappa shape index (κ2) is 8.65. The fraction of sp³-hybridized carbons (Fsp3) is 0.400. The largest absolute Gasteiger partial charge is 0.488 e. The molecule has 0 radical (unpaired) electrons. The molecule has 1 saturated carbocycles. The number of hydrogen-bond acceptors (Lipinski definition) is 3. The van der Waals surface area contributed by atoms with E-state index in [0.717, 1.165) is 31.2 Å². The maximum absolute atomic E-state index is 13.2. The molecule has 0 heterocycles. The molecule has 1 aliphatic carbocycles. The predicted molar refractivity (Wildman–Crippen MR) is 97.6 cm³/mol. The van der Waals surface area contributed by atoms with E-state index in [9.17, 15) is 9.50 Å². The molecule has 0 unspecified atom stereocenters. The summed E-state index contributed by atoms with van der Waals surface area (Å²) in [5, 5.41) is 14.7. The van der Waals surface area contributed by atoms with Crippen LogP contribution >= 0.6 is 11.6 Å². The summed E-state index contributed by atoms with van der Waals surface area (Å²) >= 11 is 5.89. The number of aliphatic hydroxyl groups excluding tert-OH is 1. The van der Waals surface area contributed by atoms with Crippen molar-refractivity contribution < 1.29 is 14.2 Å². The van der Waals surface area contributed by atoms with Crippen molar-refractivity contribution in [2.75, 3.05) is 6.54 Å². The molecule has 0 aromatic heterocycles. The summed E-state index contributed by atoms with van der Waals surface area (Å²) in [7, 11) is 0. The third-order valence-electron chi connectivity index (χ3n) is 4.61. The summed E-state index contributed by atoms with van der Waals surface area (Å²) < 4.78 is 19.1. The maximum atomic E-state index is 13.2. The first kappa shape index (κ1) is 18.2. The van der Waals surface area contributed by atoms with E-state index >= 15 is 0 Å². The van der Waals surface area contributed by atoms with Crippen molar-refractivity contribution in [1.29, 1.82) is 0 Å². The highest BCUT2D eigenvalue weighted by Crippen LogP contribution is 2.25. The topological polar surface area (TPSA) is 41.5 Å². The summed E-state index contributed by atoms with van der Waals surface area (Å²) in [6.45, 7) is 0.693. The Balaban J connectivity index is 1.51. The standard InChI is InChI=1S/C20H23ClFNO2/c21-15-7-9-17(10-8-15)25-19-6-2-5-18(20(19)24)23-12-11-14-3-1-4-16(22)13-14/h1,3-4,7-10,13,18-20,23-24H,2,5-6,11-12H2/t18-,19+,20+/m0/s1. The quantitative estimate of drug-likeness (QED) is 0.815. The molecule has 5 heteroatoms. The van der Waals surface area contributed by atoms with Crippen molar-refractivity contribution in [2.45, 2.75) is 43.9 Å². The van der Waals surface area contributed by atoms with Gasteiger partial charge in [0.25, 0.3) is 0 Å². The Morgan fingerprint density at radius 2 is 1.96 bits per heavy atom. The van der Waals surface area contributed by atoms with Crippen molar-refractivity contribution in [3.63, 3.8) is 0 Å². The molecule has 3 atom stereocenters. The lowest BCUT2D eigenvalue weighted by molar-refractivity contribution is -0.0151. The van der Waals surface area contributed by atoms with Crippen molar-refractivity contribution in [3.05, 3.63) is 64.9 Å². The molecule has 1 aliphatic rings. The van der Waals surface area contributed by atoms with E-state index < -0.39 is 6.10 Å². The van der Waals surface area contributed by atoms with Gasteiger partial charge in [-0.25, -0.2) is 4.39 Å². The molecule has 25 heavy (non-hydrogen) atoms. The first-order valence-electron chi connectivity index (χ1n) is 8.70. The molecule has 0 bridgehead atoms. The smallest absolute Gasteiger partial charge is 0.126 e. The van der Waals surface area contributed by atoms with E-state index in [0.29, 0.717) is 17.3 Å². The number of hydrogen-bond donors (Lipinski definition) is 2. The first-order chi connectivity index (χ1) is 12.1. The molecular formula is C20H23ClFNO2. The third-order valence-corrected chi connectivity index (χ3v) is 4.86. The van der Waals surface area contributed by atoms with Crippen LogP contribution in [0, 0.1) is 5.82 Å². The van der Waals surface area contributed by atoms with Gasteiger partial charge in [-0.1, -0.05) is 23.7 Å². The van der Waals surface area contributed by atoms with E-state index in [-0.39, 0.29) is 18.0 Å².